The van der Waals surface area contributed by atoms with E-state index < -0.39 is 0 Å². The van der Waals surface area contributed by atoms with Gasteiger partial charge in [0, 0.05) is 34.8 Å². The van der Waals surface area contributed by atoms with Crippen LogP contribution in [0.5, 0.6) is 11.8 Å². The molecule has 1 aliphatic heterocycles. The van der Waals surface area contributed by atoms with Gasteiger partial charge < -0.3 is 19.8 Å². The highest BCUT2D eigenvalue weighted by atomic mass is 16.5. The Labute approximate surface area is 198 Å². The lowest BCUT2D eigenvalue weighted by molar-refractivity contribution is 0.160. The van der Waals surface area contributed by atoms with E-state index in [4.69, 9.17) is 19.4 Å². The molecule has 2 aliphatic rings. The number of hydrogen-bond donors (Lipinski definition) is 2. The first-order valence-electron chi connectivity index (χ1n) is 12.1. The zero-order valence-corrected chi connectivity index (χ0v) is 19.0. The molecule has 174 valence electrons. The van der Waals surface area contributed by atoms with Gasteiger partial charge in [-0.1, -0.05) is 6.07 Å². The molecule has 0 radical (unpaired) electrons. The van der Waals surface area contributed by atoms with E-state index in [0.717, 1.165) is 72.2 Å². The number of nitrogens with zero attached hydrogens (tertiary/aromatic N) is 4. The summed E-state index contributed by atoms with van der Waals surface area (Å²) in [4.78, 5) is 21.6. The van der Waals surface area contributed by atoms with Crippen LogP contribution >= 0.6 is 0 Å². The molecule has 1 saturated heterocycles. The number of benzene rings is 1. The number of hydrogen-bond acceptors (Lipinski definition) is 7. The predicted molar refractivity (Wildman–Crippen MR) is 130 cm³/mol. The Bertz CT molecular complexity index is 1280. The molecule has 1 saturated carbocycles. The Kier molecular flexibility index (Phi) is 5.81. The van der Waals surface area contributed by atoms with Crippen molar-refractivity contribution in [3.8, 4) is 34.3 Å². The highest BCUT2D eigenvalue weighted by molar-refractivity contribution is 5.96. The SMILES string of the molecule is c1cc2[nH]cc(-c3cncc(OC4CCCNC4)n3)c2cc1-c1cncc(OC2CCCC2)n1. The third-order valence-corrected chi connectivity index (χ3v) is 6.61. The summed E-state index contributed by atoms with van der Waals surface area (Å²) < 4.78 is 12.2. The molecule has 2 N–H and O–H groups in total. The van der Waals surface area contributed by atoms with Gasteiger partial charge in [-0.15, -0.1) is 0 Å². The van der Waals surface area contributed by atoms with Gasteiger partial charge in [-0.05, 0) is 57.2 Å². The van der Waals surface area contributed by atoms with Crippen molar-refractivity contribution in [3.05, 3.63) is 49.2 Å². The lowest BCUT2D eigenvalue weighted by atomic mass is 10.1. The number of aromatic nitrogens is 5. The van der Waals surface area contributed by atoms with E-state index in [-0.39, 0.29) is 12.2 Å². The summed E-state index contributed by atoms with van der Waals surface area (Å²) in [5, 5.41) is 4.42. The molecule has 8 nitrogen and oxygen atoms in total. The molecule has 1 atom stereocenters. The second-order valence-corrected chi connectivity index (χ2v) is 9.06. The third-order valence-electron chi connectivity index (χ3n) is 6.61. The minimum absolute atomic E-state index is 0.130. The summed E-state index contributed by atoms with van der Waals surface area (Å²) in [5.74, 6) is 1.14. The fourth-order valence-corrected chi connectivity index (χ4v) is 4.84. The number of nitrogens with one attached hydrogen (secondary N) is 2. The molecule has 6 rings (SSSR count). The van der Waals surface area contributed by atoms with E-state index in [1.807, 2.05) is 12.3 Å². The van der Waals surface area contributed by atoms with Crippen LogP contribution in [0.3, 0.4) is 0 Å². The molecule has 2 fully saturated rings. The molecule has 0 bridgehead atoms. The first-order chi connectivity index (χ1) is 16.8. The van der Waals surface area contributed by atoms with Gasteiger partial charge in [0.15, 0.2) is 0 Å². The highest BCUT2D eigenvalue weighted by Gasteiger charge is 2.18. The second kappa shape index (κ2) is 9.38. The normalized spacial score (nSPS) is 18.9. The van der Waals surface area contributed by atoms with Gasteiger partial charge in [-0.2, -0.15) is 0 Å². The summed E-state index contributed by atoms with van der Waals surface area (Å²) in [6, 6.07) is 6.22. The Hall–Kier alpha value is -3.52. The Morgan fingerprint density at radius 3 is 2.32 bits per heavy atom. The molecule has 4 heterocycles. The zero-order chi connectivity index (χ0) is 22.7. The van der Waals surface area contributed by atoms with Crippen molar-refractivity contribution >= 4 is 10.9 Å². The van der Waals surface area contributed by atoms with Crippen LogP contribution in [0.15, 0.2) is 49.2 Å². The van der Waals surface area contributed by atoms with Crippen molar-refractivity contribution in [3.63, 3.8) is 0 Å². The molecule has 3 aromatic heterocycles. The van der Waals surface area contributed by atoms with Gasteiger partial charge in [0.1, 0.15) is 12.2 Å². The van der Waals surface area contributed by atoms with Crippen LogP contribution in [-0.4, -0.2) is 50.2 Å². The number of fused-ring (bicyclic) bond motifs is 1. The smallest absolute Gasteiger partial charge is 0.233 e. The number of aromatic amines is 1. The van der Waals surface area contributed by atoms with Gasteiger partial charge in [0.25, 0.3) is 0 Å². The summed E-state index contributed by atoms with van der Waals surface area (Å²) in [5.41, 5.74) is 4.54. The molecule has 1 aromatic carbocycles. The monoisotopic (exact) mass is 456 g/mol. The lowest BCUT2D eigenvalue weighted by Crippen LogP contribution is -2.37. The second-order valence-electron chi connectivity index (χ2n) is 9.06. The van der Waals surface area contributed by atoms with Crippen LogP contribution in [0.2, 0.25) is 0 Å². The highest BCUT2D eigenvalue weighted by Crippen LogP contribution is 2.32. The van der Waals surface area contributed by atoms with E-state index in [2.05, 4.69) is 32.4 Å². The van der Waals surface area contributed by atoms with Crippen LogP contribution in [0, 0.1) is 0 Å². The summed E-state index contributed by atoms with van der Waals surface area (Å²) in [7, 11) is 0. The van der Waals surface area contributed by atoms with Gasteiger partial charge >= 0.3 is 0 Å². The molecule has 1 unspecified atom stereocenters. The van der Waals surface area contributed by atoms with E-state index in [9.17, 15) is 0 Å². The van der Waals surface area contributed by atoms with Crippen LogP contribution in [0.1, 0.15) is 38.5 Å². The minimum atomic E-state index is 0.130. The standard InChI is InChI=1S/C26H28N6O2/c1-2-5-18(4-1)33-25-15-28-13-23(31-25)17-7-8-22-20(10-17)21(12-30-22)24-14-29-16-26(32-24)34-19-6-3-9-27-11-19/h7-8,10,12-16,18-19,27,30H,1-6,9,11H2. The van der Waals surface area contributed by atoms with Gasteiger partial charge in [0.2, 0.25) is 11.8 Å². The summed E-state index contributed by atoms with van der Waals surface area (Å²) in [6.07, 6.45) is 16.0. The number of rotatable bonds is 6. The van der Waals surface area contributed by atoms with Gasteiger partial charge in [0.05, 0.1) is 36.2 Å². The molecule has 0 amide bonds. The van der Waals surface area contributed by atoms with E-state index in [1.54, 1.807) is 24.8 Å². The quantitative estimate of drug-likeness (QED) is 0.440. The van der Waals surface area contributed by atoms with Crippen molar-refractivity contribution in [1.82, 2.24) is 30.2 Å². The van der Waals surface area contributed by atoms with E-state index in [0.29, 0.717) is 11.8 Å². The topological polar surface area (TPSA) is 97.8 Å². The average Bonchev–Trinajstić information content (AvgIpc) is 3.54. The molecule has 34 heavy (non-hydrogen) atoms. The van der Waals surface area contributed by atoms with Crippen molar-refractivity contribution in [2.75, 3.05) is 13.1 Å². The van der Waals surface area contributed by atoms with Gasteiger partial charge in [-0.25, -0.2) is 9.97 Å². The van der Waals surface area contributed by atoms with Crippen molar-refractivity contribution in [2.45, 2.75) is 50.7 Å². The Balaban J connectivity index is 1.28. The number of H-pyrrole nitrogens is 1. The fraction of sp³-hybridized carbons (Fsp3) is 0.385. The van der Waals surface area contributed by atoms with Crippen molar-refractivity contribution in [2.24, 2.45) is 0 Å². The van der Waals surface area contributed by atoms with Crippen LogP contribution in [0.4, 0.5) is 0 Å². The summed E-state index contributed by atoms with van der Waals surface area (Å²) in [6.45, 7) is 1.89. The molecule has 1 aliphatic carbocycles. The van der Waals surface area contributed by atoms with Crippen LogP contribution < -0.4 is 14.8 Å². The third kappa shape index (κ3) is 4.46. The molecule has 0 spiro atoms. The van der Waals surface area contributed by atoms with Gasteiger partial charge in [-0.3, -0.25) is 9.97 Å². The van der Waals surface area contributed by atoms with Crippen molar-refractivity contribution < 1.29 is 9.47 Å². The van der Waals surface area contributed by atoms with Crippen molar-refractivity contribution in [1.29, 1.82) is 0 Å². The first kappa shape index (κ1) is 21.0. The van der Waals surface area contributed by atoms with Crippen LogP contribution in [-0.2, 0) is 0 Å². The maximum absolute atomic E-state index is 6.09. The lowest BCUT2D eigenvalue weighted by Gasteiger charge is -2.23. The largest absolute Gasteiger partial charge is 0.473 e. The molecule has 4 aromatic rings. The minimum Gasteiger partial charge on any atom is -0.473 e. The fourth-order valence-electron chi connectivity index (χ4n) is 4.84. The van der Waals surface area contributed by atoms with E-state index >= 15 is 0 Å². The zero-order valence-electron chi connectivity index (χ0n) is 19.0. The van der Waals surface area contributed by atoms with Crippen LogP contribution in [0.25, 0.3) is 33.4 Å². The maximum atomic E-state index is 6.09. The number of piperidine rings is 1. The average molecular weight is 457 g/mol. The predicted octanol–water partition coefficient (Wildman–Crippen LogP) is 4.53. The summed E-state index contributed by atoms with van der Waals surface area (Å²) >= 11 is 0. The molecular weight excluding hydrogens is 428 g/mol. The first-order valence-corrected chi connectivity index (χ1v) is 12.1. The Morgan fingerprint density at radius 2 is 1.53 bits per heavy atom. The maximum Gasteiger partial charge on any atom is 0.233 e. The molecular formula is C26H28N6O2. The Morgan fingerprint density at radius 1 is 0.794 bits per heavy atom. The molecule has 8 heteroatoms. The van der Waals surface area contributed by atoms with E-state index in [1.165, 1.54) is 12.8 Å². The number of ether oxygens (including phenoxy) is 2.